The molecule has 0 atom stereocenters. The van der Waals surface area contributed by atoms with Crippen molar-refractivity contribution in [3.63, 3.8) is 0 Å². The van der Waals surface area contributed by atoms with Gasteiger partial charge >= 0.3 is 0 Å². The Morgan fingerprint density at radius 2 is 2.06 bits per heavy atom. The predicted octanol–water partition coefficient (Wildman–Crippen LogP) is 4.08. The molecule has 17 heavy (non-hydrogen) atoms. The van der Waals surface area contributed by atoms with E-state index in [0.29, 0.717) is 21.1 Å². The van der Waals surface area contributed by atoms with Crippen molar-refractivity contribution < 1.29 is 4.39 Å². The number of nitrogens with one attached hydrogen (secondary N) is 1. The Kier molecular flexibility index (Phi) is 3.59. The van der Waals surface area contributed by atoms with Crippen LogP contribution in [-0.4, -0.2) is 9.97 Å². The summed E-state index contributed by atoms with van der Waals surface area (Å²) in [5, 5.41) is 3.27. The van der Waals surface area contributed by atoms with Crippen molar-refractivity contribution in [1.82, 2.24) is 9.97 Å². The van der Waals surface area contributed by atoms with Crippen LogP contribution in [0.15, 0.2) is 29.0 Å². The molecule has 1 N–H and O–H groups in total. The molecule has 0 amide bonds. The number of benzene rings is 1. The minimum atomic E-state index is -0.302. The first-order chi connectivity index (χ1) is 8.06. The first kappa shape index (κ1) is 12.3. The molecule has 1 aromatic carbocycles. The van der Waals surface area contributed by atoms with Gasteiger partial charge in [0.25, 0.3) is 0 Å². The van der Waals surface area contributed by atoms with Crippen molar-refractivity contribution >= 4 is 39.0 Å². The summed E-state index contributed by atoms with van der Waals surface area (Å²) in [5.41, 5.74) is 1.43. The molecular formula is C11H8BrClFN3. The van der Waals surface area contributed by atoms with Gasteiger partial charge in [-0.25, -0.2) is 14.4 Å². The first-order valence-electron chi connectivity index (χ1n) is 4.76. The van der Waals surface area contributed by atoms with Gasteiger partial charge in [-0.2, -0.15) is 0 Å². The number of anilines is 2. The summed E-state index contributed by atoms with van der Waals surface area (Å²) in [6, 6.07) is 4.65. The van der Waals surface area contributed by atoms with Gasteiger partial charge in [0.1, 0.15) is 23.1 Å². The van der Waals surface area contributed by atoms with Gasteiger partial charge in [0.15, 0.2) is 0 Å². The van der Waals surface area contributed by atoms with Crippen LogP contribution in [0.1, 0.15) is 5.56 Å². The lowest BCUT2D eigenvalue weighted by atomic mass is 10.2. The summed E-state index contributed by atoms with van der Waals surface area (Å²) in [6.45, 7) is 1.82. The van der Waals surface area contributed by atoms with E-state index >= 15 is 0 Å². The molecule has 6 heteroatoms. The molecule has 0 aliphatic rings. The first-order valence-corrected chi connectivity index (χ1v) is 5.93. The van der Waals surface area contributed by atoms with Gasteiger partial charge in [0, 0.05) is 5.69 Å². The zero-order chi connectivity index (χ0) is 12.4. The fourth-order valence-corrected chi connectivity index (χ4v) is 1.82. The van der Waals surface area contributed by atoms with Crippen LogP contribution in [0.3, 0.4) is 0 Å². The van der Waals surface area contributed by atoms with Crippen molar-refractivity contribution in [1.29, 1.82) is 0 Å². The molecule has 2 rings (SSSR count). The highest BCUT2D eigenvalue weighted by Crippen LogP contribution is 2.28. The Bertz CT molecular complexity index is 542. The molecule has 0 bridgehead atoms. The van der Waals surface area contributed by atoms with E-state index in [9.17, 15) is 4.39 Å². The standard InChI is InChI=1S/C11H8BrClFN3/c1-6-2-7(14)4-8(3-6)17-11-9(12)10(13)15-5-16-11/h2-5H,1H3,(H,15,16,17). The van der Waals surface area contributed by atoms with E-state index in [1.54, 1.807) is 0 Å². The lowest BCUT2D eigenvalue weighted by molar-refractivity contribution is 0.627. The van der Waals surface area contributed by atoms with E-state index in [1.807, 2.05) is 13.0 Å². The van der Waals surface area contributed by atoms with Crippen molar-refractivity contribution in [2.24, 2.45) is 0 Å². The van der Waals surface area contributed by atoms with E-state index in [4.69, 9.17) is 11.6 Å². The molecule has 0 fully saturated rings. The third kappa shape index (κ3) is 2.92. The minimum absolute atomic E-state index is 0.302. The second kappa shape index (κ2) is 4.98. The Hall–Kier alpha value is -1.20. The number of aryl methyl sites for hydroxylation is 1. The van der Waals surface area contributed by atoms with Crippen LogP contribution in [0, 0.1) is 12.7 Å². The number of halogens is 3. The fraction of sp³-hybridized carbons (Fsp3) is 0.0909. The van der Waals surface area contributed by atoms with Crippen LogP contribution in [0.25, 0.3) is 0 Å². The number of rotatable bonds is 2. The number of hydrogen-bond acceptors (Lipinski definition) is 3. The number of aromatic nitrogens is 2. The van der Waals surface area contributed by atoms with E-state index in [0.717, 1.165) is 5.56 Å². The van der Waals surface area contributed by atoms with Crippen LogP contribution in [-0.2, 0) is 0 Å². The fourth-order valence-electron chi connectivity index (χ4n) is 1.38. The molecule has 2 aromatic rings. The zero-order valence-electron chi connectivity index (χ0n) is 8.84. The Labute approximate surface area is 111 Å². The molecule has 0 radical (unpaired) electrons. The van der Waals surface area contributed by atoms with Crippen molar-refractivity contribution in [3.8, 4) is 0 Å². The molecular weight excluding hydrogens is 308 g/mol. The van der Waals surface area contributed by atoms with Gasteiger partial charge in [-0.1, -0.05) is 11.6 Å². The molecule has 1 heterocycles. The van der Waals surface area contributed by atoms with E-state index < -0.39 is 0 Å². The van der Waals surface area contributed by atoms with Crippen LogP contribution in [0.4, 0.5) is 15.9 Å². The summed E-state index contributed by atoms with van der Waals surface area (Å²) in [4.78, 5) is 7.83. The van der Waals surface area contributed by atoms with Gasteiger partial charge in [0.2, 0.25) is 0 Å². The maximum Gasteiger partial charge on any atom is 0.149 e. The third-order valence-electron chi connectivity index (χ3n) is 2.05. The van der Waals surface area contributed by atoms with Gasteiger partial charge < -0.3 is 5.32 Å². The van der Waals surface area contributed by atoms with Gasteiger partial charge in [-0.15, -0.1) is 0 Å². The van der Waals surface area contributed by atoms with E-state index in [2.05, 4.69) is 31.2 Å². The molecule has 0 spiro atoms. The van der Waals surface area contributed by atoms with Crippen LogP contribution < -0.4 is 5.32 Å². The van der Waals surface area contributed by atoms with Crippen molar-refractivity contribution in [2.45, 2.75) is 6.92 Å². The lowest BCUT2D eigenvalue weighted by Gasteiger charge is -2.08. The average Bonchev–Trinajstić information content (AvgIpc) is 2.23. The van der Waals surface area contributed by atoms with Crippen molar-refractivity contribution in [3.05, 3.63) is 45.5 Å². The number of hydrogen-bond donors (Lipinski definition) is 1. The van der Waals surface area contributed by atoms with Gasteiger partial charge in [0.05, 0.1) is 4.47 Å². The van der Waals surface area contributed by atoms with E-state index in [1.165, 1.54) is 18.5 Å². The summed E-state index contributed by atoms with van der Waals surface area (Å²) >= 11 is 9.09. The molecule has 0 saturated heterocycles. The third-order valence-corrected chi connectivity index (χ3v) is 3.32. The Morgan fingerprint density at radius 3 is 2.76 bits per heavy atom. The van der Waals surface area contributed by atoms with Crippen LogP contribution in [0.5, 0.6) is 0 Å². The Morgan fingerprint density at radius 1 is 1.29 bits per heavy atom. The second-order valence-corrected chi connectivity index (χ2v) is 4.62. The molecule has 3 nitrogen and oxygen atoms in total. The molecule has 88 valence electrons. The molecule has 0 unspecified atom stereocenters. The summed E-state index contributed by atoms with van der Waals surface area (Å²) < 4.78 is 13.7. The highest BCUT2D eigenvalue weighted by Gasteiger charge is 2.07. The topological polar surface area (TPSA) is 37.8 Å². The summed E-state index contributed by atoms with van der Waals surface area (Å²) in [5.74, 6) is 0.193. The quantitative estimate of drug-likeness (QED) is 0.848. The minimum Gasteiger partial charge on any atom is -0.339 e. The maximum atomic E-state index is 13.2. The normalized spacial score (nSPS) is 10.4. The molecule has 1 aromatic heterocycles. The van der Waals surface area contributed by atoms with Crippen LogP contribution in [0.2, 0.25) is 5.15 Å². The summed E-state index contributed by atoms with van der Waals surface area (Å²) in [6.07, 6.45) is 1.33. The SMILES string of the molecule is Cc1cc(F)cc(Nc2ncnc(Cl)c2Br)c1. The lowest BCUT2D eigenvalue weighted by Crippen LogP contribution is -1.97. The van der Waals surface area contributed by atoms with Gasteiger partial charge in [-0.3, -0.25) is 0 Å². The monoisotopic (exact) mass is 315 g/mol. The number of nitrogens with zero attached hydrogens (tertiary/aromatic N) is 2. The van der Waals surface area contributed by atoms with E-state index in [-0.39, 0.29) is 5.82 Å². The molecule has 0 saturated carbocycles. The van der Waals surface area contributed by atoms with Crippen molar-refractivity contribution in [2.75, 3.05) is 5.32 Å². The molecule has 0 aliphatic heterocycles. The Balaban J connectivity index is 2.34. The highest BCUT2D eigenvalue weighted by molar-refractivity contribution is 9.10. The largest absolute Gasteiger partial charge is 0.339 e. The highest BCUT2D eigenvalue weighted by atomic mass is 79.9. The zero-order valence-corrected chi connectivity index (χ0v) is 11.2. The smallest absolute Gasteiger partial charge is 0.149 e. The van der Waals surface area contributed by atoms with Gasteiger partial charge in [-0.05, 0) is 46.6 Å². The maximum absolute atomic E-state index is 13.2. The molecule has 0 aliphatic carbocycles. The summed E-state index contributed by atoms with van der Waals surface area (Å²) in [7, 11) is 0. The van der Waals surface area contributed by atoms with Crippen LogP contribution >= 0.6 is 27.5 Å². The average molecular weight is 317 g/mol. The predicted molar refractivity (Wildman–Crippen MR) is 69.2 cm³/mol. The second-order valence-electron chi connectivity index (χ2n) is 3.47.